The Kier molecular flexibility index (Phi) is 7.41. The third kappa shape index (κ3) is 4.74. The van der Waals surface area contributed by atoms with Crippen LogP contribution in [0.1, 0.15) is 19.9 Å². The molecule has 1 saturated heterocycles. The first-order valence-electron chi connectivity index (χ1n) is 7.17. The SMILES string of the molecule is C.[C-]#[N+]COc1ccc(C[C@@H]2CNC[C@@H]2C(=O)OCC)cc1. The summed E-state index contributed by atoms with van der Waals surface area (Å²) in [6, 6.07) is 7.70. The average molecular weight is 304 g/mol. The van der Waals surface area contributed by atoms with Gasteiger partial charge in [0, 0.05) is 6.54 Å². The van der Waals surface area contributed by atoms with Crippen LogP contribution in [0.15, 0.2) is 24.3 Å². The lowest BCUT2D eigenvalue weighted by molar-refractivity contribution is -0.148. The van der Waals surface area contributed by atoms with Gasteiger partial charge in [0.15, 0.2) is 0 Å². The molecule has 0 aromatic heterocycles. The zero-order chi connectivity index (χ0) is 15.1. The summed E-state index contributed by atoms with van der Waals surface area (Å²) in [4.78, 5) is 15.1. The number of rotatable bonds is 6. The Balaban J connectivity index is 0.00000242. The van der Waals surface area contributed by atoms with Crippen LogP contribution < -0.4 is 10.1 Å². The van der Waals surface area contributed by atoms with Crippen molar-refractivity contribution in [1.82, 2.24) is 5.32 Å². The molecule has 0 amide bonds. The Labute approximate surface area is 132 Å². The molecule has 2 rings (SSSR count). The lowest BCUT2D eigenvalue weighted by Crippen LogP contribution is -2.26. The van der Waals surface area contributed by atoms with E-state index in [4.69, 9.17) is 16.0 Å². The van der Waals surface area contributed by atoms with Gasteiger partial charge in [-0.15, -0.1) is 0 Å². The highest BCUT2D eigenvalue weighted by Crippen LogP contribution is 2.24. The summed E-state index contributed by atoms with van der Waals surface area (Å²) in [6.45, 7) is 10.5. The van der Waals surface area contributed by atoms with E-state index in [2.05, 4.69) is 10.2 Å². The summed E-state index contributed by atoms with van der Waals surface area (Å²) >= 11 is 0. The van der Waals surface area contributed by atoms with Crippen molar-refractivity contribution in [2.24, 2.45) is 11.8 Å². The molecule has 1 aliphatic heterocycles. The topological polar surface area (TPSA) is 51.9 Å². The van der Waals surface area contributed by atoms with E-state index >= 15 is 0 Å². The molecule has 2 atom stereocenters. The summed E-state index contributed by atoms with van der Waals surface area (Å²) in [6.07, 6.45) is 0.833. The summed E-state index contributed by atoms with van der Waals surface area (Å²) < 4.78 is 10.4. The molecule has 5 heteroatoms. The summed E-state index contributed by atoms with van der Waals surface area (Å²) in [7, 11) is 0. The minimum Gasteiger partial charge on any atom is -0.466 e. The highest BCUT2D eigenvalue weighted by atomic mass is 16.5. The normalized spacial score (nSPS) is 19.8. The van der Waals surface area contributed by atoms with Crippen LogP contribution in [0.4, 0.5) is 0 Å². The predicted octanol–water partition coefficient (Wildman–Crippen LogP) is 2.52. The molecule has 0 saturated carbocycles. The highest BCUT2D eigenvalue weighted by molar-refractivity contribution is 5.73. The molecule has 0 radical (unpaired) electrons. The van der Waals surface area contributed by atoms with E-state index in [1.807, 2.05) is 31.2 Å². The Morgan fingerprint density at radius 2 is 2.09 bits per heavy atom. The largest absolute Gasteiger partial charge is 0.466 e. The molecule has 1 fully saturated rings. The van der Waals surface area contributed by atoms with Gasteiger partial charge in [-0.2, -0.15) is 0 Å². The molecule has 0 bridgehead atoms. The van der Waals surface area contributed by atoms with E-state index in [1.54, 1.807) is 0 Å². The van der Waals surface area contributed by atoms with E-state index in [0.717, 1.165) is 18.5 Å². The second-order valence-electron chi connectivity index (χ2n) is 5.06. The number of nitrogens with one attached hydrogen (secondary N) is 1. The highest BCUT2D eigenvalue weighted by Gasteiger charge is 2.33. The van der Waals surface area contributed by atoms with Crippen molar-refractivity contribution in [3.8, 4) is 5.75 Å². The lowest BCUT2D eigenvalue weighted by atomic mass is 9.90. The van der Waals surface area contributed by atoms with Crippen LogP contribution in [-0.4, -0.2) is 32.4 Å². The number of benzene rings is 1. The van der Waals surface area contributed by atoms with Gasteiger partial charge in [-0.1, -0.05) is 19.6 Å². The van der Waals surface area contributed by atoms with Crippen molar-refractivity contribution < 1.29 is 14.3 Å². The van der Waals surface area contributed by atoms with Gasteiger partial charge in [0.1, 0.15) is 5.75 Å². The number of esters is 1. The molecular formula is C17H24N2O3. The van der Waals surface area contributed by atoms with Crippen molar-refractivity contribution in [3.05, 3.63) is 41.2 Å². The minimum absolute atomic E-state index is 0. The van der Waals surface area contributed by atoms with Crippen molar-refractivity contribution in [2.45, 2.75) is 20.8 Å². The molecule has 1 aromatic carbocycles. The Morgan fingerprint density at radius 1 is 1.36 bits per heavy atom. The lowest BCUT2D eigenvalue weighted by Gasteiger charge is -2.17. The van der Waals surface area contributed by atoms with Crippen LogP contribution in [0.3, 0.4) is 0 Å². The van der Waals surface area contributed by atoms with E-state index < -0.39 is 0 Å². The van der Waals surface area contributed by atoms with E-state index in [1.165, 1.54) is 0 Å². The van der Waals surface area contributed by atoms with Crippen LogP contribution in [0.2, 0.25) is 0 Å². The quantitative estimate of drug-likeness (QED) is 0.648. The van der Waals surface area contributed by atoms with E-state index in [0.29, 0.717) is 18.9 Å². The smallest absolute Gasteiger partial charge is 0.357 e. The zero-order valence-corrected chi connectivity index (χ0v) is 12.2. The van der Waals surface area contributed by atoms with Crippen LogP contribution in [0.25, 0.3) is 4.85 Å². The van der Waals surface area contributed by atoms with Crippen molar-refractivity contribution >= 4 is 5.97 Å². The van der Waals surface area contributed by atoms with Gasteiger partial charge < -0.3 is 14.8 Å². The molecule has 0 unspecified atom stereocenters. The first-order chi connectivity index (χ1) is 10.2. The van der Waals surface area contributed by atoms with Crippen molar-refractivity contribution in [2.75, 3.05) is 26.4 Å². The molecular weight excluding hydrogens is 280 g/mol. The van der Waals surface area contributed by atoms with Crippen LogP contribution in [0.5, 0.6) is 5.75 Å². The molecule has 1 aromatic rings. The fourth-order valence-electron chi connectivity index (χ4n) is 2.60. The summed E-state index contributed by atoms with van der Waals surface area (Å²) in [5.74, 6) is 0.785. The minimum atomic E-state index is -0.107. The van der Waals surface area contributed by atoms with Crippen LogP contribution >= 0.6 is 0 Å². The van der Waals surface area contributed by atoms with Crippen molar-refractivity contribution in [3.63, 3.8) is 0 Å². The maximum Gasteiger partial charge on any atom is 0.357 e. The third-order valence-corrected chi connectivity index (χ3v) is 3.65. The standard InChI is InChI=1S/C16H20N2O3.CH4/c1-3-20-16(19)15-10-18-9-13(15)8-12-4-6-14(7-5-12)21-11-17-2;/h4-7,13,15,18H,3,8-11H2,1H3;1H4/t13-,15+;/m1./s1. The van der Waals surface area contributed by atoms with E-state index in [-0.39, 0.29) is 32.0 Å². The first-order valence-corrected chi connectivity index (χ1v) is 7.17. The number of hydrogen-bond donors (Lipinski definition) is 1. The van der Waals surface area contributed by atoms with Crippen LogP contribution in [-0.2, 0) is 16.0 Å². The maximum absolute atomic E-state index is 11.9. The van der Waals surface area contributed by atoms with Gasteiger partial charge in [0.25, 0.3) is 0 Å². The summed E-state index contributed by atoms with van der Waals surface area (Å²) in [5, 5.41) is 3.26. The molecule has 1 heterocycles. The second kappa shape index (κ2) is 9.06. The van der Waals surface area contributed by atoms with Gasteiger partial charge in [-0.25, -0.2) is 6.57 Å². The average Bonchev–Trinajstić information content (AvgIpc) is 2.95. The van der Waals surface area contributed by atoms with Gasteiger partial charge in [0.05, 0.1) is 12.5 Å². The first kappa shape index (κ1) is 18.0. The van der Waals surface area contributed by atoms with E-state index in [9.17, 15) is 4.79 Å². The zero-order valence-electron chi connectivity index (χ0n) is 12.2. The predicted molar refractivity (Wildman–Crippen MR) is 85.5 cm³/mol. The Bertz CT molecular complexity index is 508. The number of ether oxygens (including phenoxy) is 2. The Hall–Kier alpha value is -2.06. The fourth-order valence-corrected chi connectivity index (χ4v) is 2.60. The monoisotopic (exact) mass is 304 g/mol. The molecule has 1 aliphatic rings. The van der Waals surface area contributed by atoms with Gasteiger partial charge >= 0.3 is 12.7 Å². The Morgan fingerprint density at radius 3 is 2.73 bits per heavy atom. The molecule has 22 heavy (non-hydrogen) atoms. The summed E-state index contributed by atoms with van der Waals surface area (Å²) in [5.41, 5.74) is 1.16. The molecule has 1 N–H and O–H groups in total. The molecule has 120 valence electrons. The second-order valence-corrected chi connectivity index (χ2v) is 5.06. The van der Waals surface area contributed by atoms with Crippen molar-refractivity contribution in [1.29, 1.82) is 0 Å². The van der Waals surface area contributed by atoms with Crippen LogP contribution in [0, 0.1) is 18.4 Å². The maximum atomic E-state index is 11.9. The van der Waals surface area contributed by atoms with Gasteiger partial charge in [0.2, 0.25) is 0 Å². The number of hydrogen-bond acceptors (Lipinski definition) is 4. The molecule has 5 nitrogen and oxygen atoms in total. The van der Waals surface area contributed by atoms with Gasteiger partial charge in [-0.3, -0.25) is 9.64 Å². The number of carbonyl (C=O) groups excluding carboxylic acids is 1. The number of nitrogens with zero attached hydrogens (tertiary/aromatic N) is 1. The number of carbonyl (C=O) groups is 1. The molecule has 0 spiro atoms. The van der Waals surface area contributed by atoms with Gasteiger partial charge in [-0.05, 0) is 43.5 Å². The fraction of sp³-hybridized carbons (Fsp3) is 0.529. The third-order valence-electron chi connectivity index (χ3n) is 3.65. The molecule has 0 aliphatic carbocycles.